The van der Waals surface area contributed by atoms with E-state index in [0.717, 1.165) is 73.3 Å². The van der Waals surface area contributed by atoms with E-state index >= 15 is 0 Å². The third kappa shape index (κ3) is 3.14. The minimum Gasteiger partial charge on any atom is -0.450 e. The first kappa shape index (κ1) is 18.4. The van der Waals surface area contributed by atoms with Gasteiger partial charge < -0.3 is 14.2 Å². The quantitative estimate of drug-likeness (QED) is 0.494. The fourth-order valence-electron chi connectivity index (χ4n) is 5.02. The van der Waals surface area contributed by atoms with Crippen molar-refractivity contribution < 1.29 is 9.21 Å². The lowest BCUT2D eigenvalue weighted by Crippen LogP contribution is -2.44. The molecule has 156 valence electrons. The maximum Gasteiger partial charge on any atom is 0.226 e. The summed E-state index contributed by atoms with van der Waals surface area (Å²) in [6.07, 6.45) is 4.24. The van der Waals surface area contributed by atoms with E-state index in [0.29, 0.717) is 5.91 Å². The summed E-state index contributed by atoms with van der Waals surface area (Å²) in [7, 11) is 0. The maximum atomic E-state index is 13.2. The Morgan fingerprint density at radius 3 is 2.58 bits per heavy atom. The van der Waals surface area contributed by atoms with Crippen LogP contribution in [0.25, 0.3) is 22.1 Å². The van der Waals surface area contributed by atoms with Crippen molar-refractivity contribution in [2.75, 3.05) is 24.5 Å². The van der Waals surface area contributed by atoms with E-state index in [2.05, 4.69) is 39.1 Å². The number of benzene rings is 2. The maximum absolute atomic E-state index is 13.2. The number of piperidine rings is 1. The van der Waals surface area contributed by atoms with Gasteiger partial charge in [0.25, 0.3) is 0 Å². The number of amides is 1. The molecule has 0 spiro atoms. The Morgan fingerprint density at radius 2 is 1.71 bits per heavy atom. The van der Waals surface area contributed by atoms with Crippen molar-refractivity contribution in [3.63, 3.8) is 0 Å². The highest BCUT2D eigenvalue weighted by atomic mass is 16.3. The number of carbonyl (C=O) groups excluding carboxylic acids is 1. The average molecular weight is 412 g/mol. The highest BCUT2D eigenvalue weighted by Crippen LogP contribution is 2.34. The zero-order valence-electron chi connectivity index (χ0n) is 17.3. The molecule has 6 heteroatoms. The van der Waals surface area contributed by atoms with Crippen LogP contribution in [0.15, 0.2) is 59.3 Å². The fourth-order valence-corrected chi connectivity index (χ4v) is 5.02. The second-order valence-electron chi connectivity index (χ2n) is 8.51. The van der Waals surface area contributed by atoms with E-state index in [1.807, 2.05) is 29.2 Å². The van der Waals surface area contributed by atoms with Gasteiger partial charge in [-0.25, -0.2) is 9.97 Å². The molecule has 2 aliphatic rings. The minimum atomic E-state index is 0.0783. The van der Waals surface area contributed by atoms with Crippen LogP contribution in [-0.4, -0.2) is 40.4 Å². The molecule has 0 bridgehead atoms. The van der Waals surface area contributed by atoms with Gasteiger partial charge in [0, 0.05) is 37.5 Å². The van der Waals surface area contributed by atoms with Crippen LogP contribution >= 0.6 is 0 Å². The molecule has 2 aromatic heterocycles. The van der Waals surface area contributed by atoms with Gasteiger partial charge in [0.1, 0.15) is 17.4 Å². The Morgan fingerprint density at radius 1 is 0.935 bits per heavy atom. The van der Waals surface area contributed by atoms with Crippen LogP contribution in [0.4, 0.5) is 5.82 Å². The Kier molecular flexibility index (Phi) is 4.37. The van der Waals surface area contributed by atoms with Gasteiger partial charge in [-0.15, -0.1) is 0 Å². The summed E-state index contributed by atoms with van der Waals surface area (Å²) < 4.78 is 6.10. The highest BCUT2D eigenvalue weighted by molar-refractivity contribution is 6.05. The van der Waals surface area contributed by atoms with Crippen molar-refractivity contribution in [3.05, 3.63) is 66.0 Å². The zero-order valence-corrected chi connectivity index (χ0v) is 17.3. The number of fused-ring (bicyclic) bond motifs is 4. The summed E-state index contributed by atoms with van der Waals surface area (Å²) >= 11 is 0. The third-order valence-corrected chi connectivity index (χ3v) is 6.73. The van der Waals surface area contributed by atoms with Crippen LogP contribution < -0.4 is 4.90 Å². The highest BCUT2D eigenvalue weighted by Gasteiger charge is 2.31. The molecule has 0 unspecified atom stereocenters. The molecule has 0 radical (unpaired) electrons. The minimum absolute atomic E-state index is 0.0783. The standard InChI is InChI=1S/C25H24N4O2/c30-25(29-14-9-17-5-1-2-6-19(17)15-29)18-10-12-28(13-11-18)24-23-22(26-16-27-24)20-7-3-4-8-21(20)31-23/h1-8,16,18H,9-15H2. The van der Waals surface area contributed by atoms with Crippen LogP contribution in [0.1, 0.15) is 24.0 Å². The van der Waals surface area contributed by atoms with E-state index in [1.165, 1.54) is 11.1 Å². The van der Waals surface area contributed by atoms with Crippen LogP contribution in [-0.2, 0) is 17.8 Å². The van der Waals surface area contributed by atoms with Gasteiger partial charge in [0.2, 0.25) is 5.91 Å². The zero-order chi connectivity index (χ0) is 20.8. The monoisotopic (exact) mass is 412 g/mol. The van der Waals surface area contributed by atoms with Gasteiger partial charge in [0.05, 0.1) is 0 Å². The molecule has 0 aliphatic carbocycles. The molecule has 4 heterocycles. The number of carbonyl (C=O) groups is 1. The normalized spacial score (nSPS) is 17.3. The molecule has 1 fully saturated rings. The summed E-state index contributed by atoms with van der Waals surface area (Å²) in [5.74, 6) is 1.21. The predicted octanol–water partition coefficient (Wildman–Crippen LogP) is 4.18. The Hall–Kier alpha value is -3.41. The molecule has 31 heavy (non-hydrogen) atoms. The smallest absolute Gasteiger partial charge is 0.226 e. The summed E-state index contributed by atoms with van der Waals surface area (Å²) in [4.78, 5) is 26.5. The number of aromatic nitrogens is 2. The van der Waals surface area contributed by atoms with Crippen molar-refractivity contribution >= 4 is 33.8 Å². The van der Waals surface area contributed by atoms with Gasteiger partial charge in [-0.3, -0.25) is 4.79 Å². The van der Waals surface area contributed by atoms with E-state index in [9.17, 15) is 4.79 Å². The van der Waals surface area contributed by atoms with Crippen LogP contribution in [0.5, 0.6) is 0 Å². The van der Waals surface area contributed by atoms with E-state index in [-0.39, 0.29) is 5.92 Å². The second-order valence-corrected chi connectivity index (χ2v) is 8.51. The SMILES string of the molecule is O=C(C1CCN(c2ncnc3c2oc2ccccc23)CC1)N1CCc2ccccc2C1. The van der Waals surface area contributed by atoms with Crippen molar-refractivity contribution in [3.8, 4) is 0 Å². The number of para-hydroxylation sites is 1. The van der Waals surface area contributed by atoms with Crippen LogP contribution in [0.2, 0.25) is 0 Å². The molecule has 4 aromatic rings. The molecular formula is C25H24N4O2. The second kappa shape index (κ2) is 7.38. The first-order valence-corrected chi connectivity index (χ1v) is 11.0. The van der Waals surface area contributed by atoms with Crippen molar-refractivity contribution in [1.29, 1.82) is 0 Å². The lowest BCUT2D eigenvalue weighted by atomic mass is 9.93. The first-order valence-electron chi connectivity index (χ1n) is 11.0. The van der Waals surface area contributed by atoms with Crippen LogP contribution in [0, 0.1) is 5.92 Å². The number of rotatable bonds is 2. The van der Waals surface area contributed by atoms with Crippen LogP contribution in [0.3, 0.4) is 0 Å². The Labute approximate surface area is 180 Å². The Balaban J connectivity index is 1.18. The van der Waals surface area contributed by atoms with Crippen molar-refractivity contribution in [2.24, 2.45) is 5.92 Å². The molecule has 2 aromatic carbocycles. The number of furan rings is 1. The van der Waals surface area contributed by atoms with E-state index in [4.69, 9.17) is 4.42 Å². The molecule has 0 atom stereocenters. The number of hydrogen-bond donors (Lipinski definition) is 0. The van der Waals surface area contributed by atoms with E-state index < -0.39 is 0 Å². The van der Waals surface area contributed by atoms with E-state index in [1.54, 1.807) is 6.33 Å². The van der Waals surface area contributed by atoms with Gasteiger partial charge in [-0.1, -0.05) is 36.4 Å². The number of hydrogen-bond acceptors (Lipinski definition) is 5. The summed E-state index contributed by atoms with van der Waals surface area (Å²) in [6, 6.07) is 16.4. The van der Waals surface area contributed by atoms with Crippen molar-refractivity contribution in [1.82, 2.24) is 14.9 Å². The molecule has 0 saturated carbocycles. The Bertz CT molecular complexity index is 1270. The summed E-state index contributed by atoms with van der Waals surface area (Å²) in [5.41, 5.74) is 5.08. The molecular weight excluding hydrogens is 388 g/mol. The van der Waals surface area contributed by atoms with Gasteiger partial charge in [-0.2, -0.15) is 0 Å². The van der Waals surface area contributed by atoms with Crippen molar-refractivity contribution in [2.45, 2.75) is 25.8 Å². The number of nitrogens with zero attached hydrogens (tertiary/aromatic N) is 4. The largest absolute Gasteiger partial charge is 0.450 e. The third-order valence-electron chi connectivity index (χ3n) is 6.73. The molecule has 0 N–H and O–H groups in total. The molecule has 6 nitrogen and oxygen atoms in total. The topological polar surface area (TPSA) is 62.5 Å². The molecule has 6 rings (SSSR count). The average Bonchev–Trinajstić information content (AvgIpc) is 3.22. The summed E-state index contributed by atoms with van der Waals surface area (Å²) in [6.45, 7) is 3.15. The van der Waals surface area contributed by atoms with Gasteiger partial charge in [-0.05, 0) is 42.5 Å². The lowest BCUT2D eigenvalue weighted by Gasteiger charge is -2.36. The number of anilines is 1. The fraction of sp³-hybridized carbons (Fsp3) is 0.320. The first-order chi connectivity index (χ1) is 15.3. The van der Waals surface area contributed by atoms with Gasteiger partial charge in [0.15, 0.2) is 11.4 Å². The predicted molar refractivity (Wildman–Crippen MR) is 120 cm³/mol. The van der Waals surface area contributed by atoms with Gasteiger partial charge >= 0.3 is 0 Å². The molecule has 1 saturated heterocycles. The summed E-state index contributed by atoms with van der Waals surface area (Å²) in [5, 5.41) is 1.01. The molecule has 2 aliphatic heterocycles. The lowest BCUT2D eigenvalue weighted by molar-refractivity contribution is -0.137. The molecule has 1 amide bonds.